The lowest BCUT2D eigenvalue weighted by atomic mass is 9.87. The van der Waals surface area contributed by atoms with E-state index in [0.717, 1.165) is 0 Å². The molecule has 2 rings (SSSR count). The summed E-state index contributed by atoms with van der Waals surface area (Å²) >= 11 is 0. The summed E-state index contributed by atoms with van der Waals surface area (Å²) in [4.78, 5) is 2.54. The third-order valence-corrected chi connectivity index (χ3v) is 3.60. The second kappa shape index (κ2) is 4.12. The first-order valence-electron chi connectivity index (χ1n) is 6.35. The Labute approximate surface area is 99.5 Å². The van der Waals surface area contributed by atoms with Gasteiger partial charge in [0.15, 0.2) is 0 Å². The Morgan fingerprint density at radius 3 is 2.56 bits per heavy atom. The first-order valence-corrected chi connectivity index (χ1v) is 6.35. The maximum Gasteiger partial charge on any atom is 0.0371 e. The fourth-order valence-corrected chi connectivity index (χ4v) is 2.47. The molecule has 1 aliphatic heterocycles. The van der Waals surface area contributed by atoms with E-state index < -0.39 is 0 Å². The molecule has 1 aromatic rings. The monoisotopic (exact) mass is 217 g/mol. The fraction of sp³-hybridized carbons (Fsp3) is 0.600. The maximum atomic E-state index is 2.54. The quantitative estimate of drug-likeness (QED) is 0.688. The lowest BCUT2D eigenvalue weighted by Crippen LogP contribution is -2.26. The van der Waals surface area contributed by atoms with Gasteiger partial charge in [-0.3, -0.25) is 0 Å². The maximum absolute atomic E-state index is 2.54. The Hall–Kier alpha value is -0.980. The number of hydrogen-bond donors (Lipinski definition) is 0. The van der Waals surface area contributed by atoms with Crippen molar-refractivity contribution < 1.29 is 0 Å². The van der Waals surface area contributed by atoms with Crippen molar-refractivity contribution in [3.05, 3.63) is 29.8 Å². The molecule has 0 radical (unpaired) electrons. The zero-order valence-corrected chi connectivity index (χ0v) is 11.0. The van der Waals surface area contributed by atoms with E-state index in [2.05, 4.69) is 56.9 Å². The minimum Gasteiger partial charge on any atom is -0.369 e. The van der Waals surface area contributed by atoms with Crippen molar-refractivity contribution in [2.45, 2.75) is 52.0 Å². The molecule has 1 saturated heterocycles. The third kappa shape index (κ3) is 2.23. The van der Waals surface area contributed by atoms with Crippen LogP contribution in [0.4, 0.5) is 5.69 Å². The fourth-order valence-electron chi connectivity index (χ4n) is 2.47. The van der Waals surface area contributed by atoms with Crippen molar-refractivity contribution in [2.75, 3.05) is 11.4 Å². The van der Waals surface area contributed by atoms with Gasteiger partial charge in [-0.1, -0.05) is 32.9 Å². The van der Waals surface area contributed by atoms with E-state index in [0.29, 0.717) is 6.04 Å². The van der Waals surface area contributed by atoms with Crippen LogP contribution in [0, 0.1) is 0 Å². The topological polar surface area (TPSA) is 3.24 Å². The van der Waals surface area contributed by atoms with Gasteiger partial charge in [0.25, 0.3) is 0 Å². The van der Waals surface area contributed by atoms with Gasteiger partial charge in [0.05, 0.1) is 0 Å². The zero-order chi connectivity index (χ0) is 11.8. The Balaban J connectivity index is 2.29. The van der Waals surface area contributed by atoms with Crippen LogP contribution in [0.3, 0.4) is 0 Å². The average molecular weight is 217 g/mol. The minimum atomic E-state index is 0.249. The van der Waals surface area contributed by atoms with Crippen LogP contribution in [-0.2, 0) is 5.41 Å². The van der Waals surface area contributed by atoms with Crippen molar-refractivity contribution in [3.8, 4) is 0 Å². The van der Waals surface area contributed by atoms with Crippen LogP contribution in [0.5, 0.6) is 0 Å². The van der Waals surface area contributed by atoms with Gasteiger partial charge >= 0.3 is 0 Å². The highest BCUT2D eigenvalue weighted by Crippen LogP contribution is 2.30. The van der Waals surface area contributed by atoms with Gasteiger partial charge < -0.3 is 4.90 Å². The molecule has 0 spiro atoms. The molecule has 0 amide bonds. The number of hydrogen-bond acceptors (Lipinski definition) is 1. The van der Waals surface area contributed by atoms with Gasteiger partial charge in [0, 0.05) is 18.3 Å². The standard InChI is InChI=1S/C15H23N/c1-12-7-6-10-16(12)14-9-5-8-13(11-14)15(2,3)4/h5,8-9,11-12H,6-7,10H2,1-4H3. The number of benzene rings is 1. The second-order valence-corrected chi connectivity index (χ2v) is 5.98. The lowest BCUT2D eigenvalue weighted by Gasteiger charge is -2.26. The first kappa shape index (κ1) is 11.5. The Bertz CT molecular complexity index is 362. The summed E-state index contributed by atoms with van der Waals surface area (Å²) in [7, 11) is 0. The number of rotatable bonds is 1. The molecule has 16 heavy (non-hydrogen) atoms. The molecule has 1 aliphatic rings. The predicted molar refractivity (Wildman–Crippen MR) is 71.2 cm³/mol. The molecule has 0 bridgehead atoms. The van der Waals surface area contributed by atoms with Gasteiger partial charge in [0.2, 0.25) is 0 Å². The van der Waals surface area contributed by atoms with E-state index in [-0.39, 0.29) is 5.41 Å². The molecule has 1 aromatic carbocycles. The van der Waals surface area contributed by atoms with Crippen LogP contribution >= 0.6 is 0 Å². The smallest absolute Gasteiger partial charge is 0.0371 e. The van der Waals surface area contributed by atoms with Gasteiger partial charge in [-0.25, -0.2) is 0 Å². The van der Waals surface area contributed by atoms with Crippen molar-refractivity contribution >= 4 is 5.69 Å². The molecule has 0 aliphatic carbocycles. The van der Waals surface area contributed by atoms with Crippen molar-refractivity contribution in [2.24, 2.45) is 0 Å². The summed E-state index contributed by atoms with van der Waals surface area (Å²) in [6.45, 7) is 10.4. The molecule has 1 fully saturated rings. The molecular formula is C15H23N. The summed E-state index contributed by atoms with van der Waals surface area (Å²) in [5.41, 5.74) is 3.08. The predicted octanol–water partition coefficient (Wildman–Crippen LogP) is 3.97. The summed E-state index contributed by atoms with van der Waals surface area (Å²) in [5.74, 6) is 0. The van der Waals surface area contributed by atoms with E-state index in [1.165, 1.54) is 30.6 Å². The van der Waals surface area contributed by atoms with Crippen LogP contribution in [-0.4, -0.2) is 12.6 Å². The highest BCUT2D eigenvalue weighted by Gasteiger charge is 2.22. The average Bonchev–Trinajstić information content (AvgIpc) is 2.63. The molecule has 1 heterocycles. The molecule has 1 heteroatoms. The van der Waals surface area contributed by atoms with Gasteiger partial charge in [-0.2, -0.15) is 0 Å². The molecule has 88 valence electrons. The summed E-state index contributed by atoms with van der Waals surface area (Å²) < 4.78 is 0. The number of nitrogens with zero attached hydrogens (tertiary/aromatic N) is 1. The minimum absolute atomic E-state index is 0.249. The largest absolute Gasteiger partial charge is 0.369 e. The highest BCUT2D eigenvalue weighted by atomic mass is 15.2. The Morgan fingerprint density at radius 2 is 2.00 bits per heavy atom. The summed E-state index contributed by atoms with van der Waals surface area (Å²) in [5, 5.41) is 0. The van der Waals surface area contributed by atoms with E-state index >= 15 is 0 Å². The SMILES string of the molecule is CC1CCCN1c1cccc(C(C)(C)C)c1. The molecule has 0 N–H and O–H groups in total. The van der Waals surface area contributed by atoms with Crippen LogP contribution in [0.2, 0.25) is 0 Å². The summed E-state index contributed by atoms with van der Waals surface area (Å²) in [6, 6.07) is 9.75. The number of anilines is 1. The molecular weight excluding hydrogens is 194 g/mol. The van der Waals surface area contributed by atoms with Crippen LogP contribution in [0.15, 0.2) is 24.3 Å². The Morgan fingerprint density at radius 1 is 1.25 bits per heavy atom. The first-order chi connectivity index (χ1) is 7.48. The zero-order valence-electron chi connectivity index (χ0n) is 11.0. The van der Waals surface area contributed by atoms with E-state index in [4.69, 9.17) is 0 Å². The molecule has 0 aromatic heterocycles. The summed E-state index contributed by atoms with van der Waals surface area (Å²) in [6.07, 6.45) is 2.67. The molecule has 0 saturated carbocycles. The van der Waals surface area contributed by atoms with E-state index in [1.807, 2.05) is 0 Å². The van der Waals surface area contributed by atoms with Crippen molar-refractivity contribution in [1.82, 2.24) is 0 Å². The molecule has 1 unspecified atom stereocenters. The molecule has 1 nitrogen and oxygen atoms in total. The third-order valence-electron chi connectivity index (χ3n) is 3.60. The second-order valence-electron chi connectivity index (χ2n) is 5.98. The van der Waals surface area contributed by atoms with Gasteiger partial charge in [0.1, 0.15) is 0 Å². The van der Waals surface area contributed by atoms with Gasteiger partial charge in [-0.15, -0.1) is 0 Å². The van der Waals surface area contributed by atoms with Crippen molar-refractivity contribution in [3.63, 3.8) is 0 Å². The highest BCUT2D eigenvalue weighted by molar-refractivity contribution is 5.51. The van der Waals surface area contributed by atoms with Crippen LogP contribution < -0.4 is 4.90 Å². The lowest BCUT2D eigenvalue weighted by molar-refractivity contribution is 0.589. The van der Waals surface area contributed by atoms with E-state index in [1.54, 1.807) is 0 Å². The Kier molecular flexibility index (Phi) is 2.96. The van der Waals surface area contributed by atoms with Gasteiger partial charge in [-0.05, 0) is 42.9 Å². The van der Waals surface area contributed by atoms with Crippen molar-refractivity contribution in [1.29, 1.82) is 0 Å². The van der Waals surface area contributed by atoms with Crippen LogP contribution in [0.1, 0.15) is 46.1 Å². The van der Waals surface area contributed by atoms with Crippen LogP contribution in [0.25, 0.3) is 0 Å². The normalized spacial score (nSPS) is 21.5. The molecule has 1 atom stereocenters. The van der Waals surface area contributed by atoms with E-state index in [9.17, 15) is 0 Å².